The van der Waals surface area contributed by atoms with Crippen LogP contribution in [0.3, 0.4) is 0 Å². The van der Waals surface area contributed by atoms with E-state index in [9.17, 15) is 0 Å². The molecule has 10 aromatic rings. The first kappa shape index (κ1) is 49.8. The Kier molecular flexibility index (Phi) is 12.3. The van der Waals surface area contributed by atoms with Crippen molar-refractivity contribution in [3.63, 3.8) is 0 Å². The highest BCUT2D eigenvalue weighted by molar-refractivity contribution is 7.85. The molecule has 3 aliphatic rings. The molecule has 0 N–H and O–H groups in total. The second-order valence-electron chi connectivity index (χ2n) is 22.1. The Labute approximate surface area is 462 Å². The van der Waals surface area contributed by atoms with Crippen LogP contribution >= 0.6 is 7.14 Å². The van der Waals surface area contributed by atoms with Crippen LogP contribution in [0.5, 0.6) is 11.5 Å². The first-order valence-corrected chi connectivity index (χ1v) is 30.3. The van der Waals surface area contributed by atoms with Crippen LogP contribution in [0, 0.1) is 0 Å². The lowest BCUT2D eigenvalue weighted by atomic mass is 9.73. The van der Waals surface area contributed by atoms with Gasteiger partial charge in [0.25, 0.3) is 0 Å². The average molecular weight is 1030 g/mol. The van der Waals surface area contributed by atoms with Crippen LogP contribution in [-0.2, 0) is 20.8 Å². The van der Waals surface area contributed by atoms with Crippen molar-refractivity contribution >= 4 is 23.1 Å². The van der Waals surface area contributed by atoms with Gasteiger partial charge in [0, 0.05) is 32.4 Å². The molecule has 10 aromatic carbocycles. The summed E-state index contributed by atoms with van der Waals surface area (Å²) in [6, 6.07) is 81.4. The molecule has 0 fully saturated rings. The van der Waals surface area contributed by atoms with Crippen LogP contribution in [0.15, 0.2) is 224 Å². The Morgan fingerprint density at radius 3 is 1.04 bits per heavy atom. The Morgan fingerprint density at radius 1 is 0.295 bits per heavy atom. The van der Waals surface area contributed by atoms with E-state index < -0.39 is 7.14 Å². The number of ether oxygens (including phenoxy) is 1. The van der Waals surface area contributed by atoms with E-state index in [1.165, 1.54) is 72.3 Å². The summed E-state index contributed by atoms with van der Waals surface area (Å²) in [6.45, 7) is 14.0. The van der Waals surface area contributed by atoms with Crippen molar-refractivity contribution in [3.05, 3.63) is 258 Å². The summed E-state index contributed by atoms with van der Waals surface area (Å²) in [5.74, 6) is 1.29. The molecule has 0 bridgehead atoms. The zero-order valence-corrected chi connectivity index (χ0v) is 46.8. The van der Waals surface area contributed by atoms with Crippen LogP contribution in [0.2, 0.25) is 0 Å². The third kappa shape index (κ3) is 7.25. The third-order valence-corrected chi connectivity index (χ3v) is 22.2. The molecule has 0 unspecified atom stereocenters. The summed E-state index contributed by atoms with van der Waals surface area (Å²) < 4.78 is 24.5. The minimum atomic E-state index is -3.59. The molecule has 0 aromatic heterocycles. The highest BCUT2D eigenvalue weighted by Crippen LogP contribution is 2.57. The molecule has 0 saturated carbocycles. The van der Waals surface area contributed by atoms with E-state index in [-0.39, 0.29) is 16.2 Å². The summed E-state index contributed by atoms with van der Waals surface area (Å²) in [4.78, 5) is 0. The first-order valence-electron chi connectivity index (χ1n) is 28.6. The largest absolute Gasteiger partial charge is 0.456 e. The quantitative estimate of drug-likeness (QED) is 0.101. The SMILES string of the molecule is CCC1(CC)c2ccccc2-c2ccc(-c3ccc(Oc4ccc(-c5ccc6c(c5)C(CC)(CC)c5ccccc5-6)cc4P(=O)(c4ccccc4)c4ccccc4)c(-c4ccc5c(c4)C(CC)(CC)c4ccccc4-5)c3)cc21. The van der Waals surface area contributed by atoms with Gasteiger partial charge in [-0.15, -0.1) is 0 Å². The molecule has 78 heavy (non-hydrogen) atoms. The van der Waals surface area contributed by atoms with Gasteiger partial charge in [0.05, 0.1) is 5.30 Å². The van der Waals surface area contributed by atoms with Gasteiger partial charge >= 0.3 is 0 Å². The van der Waals surface area contributed by atoms with Gasteiger partial charge in [-0.2, -0.15) is 0 Å². The monoisotopic (exact) mass is 1030 g/mol. The van der Waals surface area contributed by atoms with Gasteiger partial charge in [-0.1, -0.05) is 224 Å². The first-order chi connectivity index (χ1) is 38.2. The van der Waals surface area contributed by atoms with E-state index in [0.29, 0.717) is 16.8 Å². The fraction of sp³-hybridized carbons (Fsp3) is 0.200. The average Bonchev–Trinajstić information content (AvgIpc) is 4.30. The molecule has 0 saturated heterocycles. The summed E-state index contributed by atoms with van der Waals surface area (Å²) in [6.07, 6.45) is 6.04. The predicted molar refractivity (Wildman–Crippen MR) is 329 cm³/mol. The second-order valence-corrected chi connectivity index (χ2v) is 24.8. The number of rotatable bonds is 14. The molecule has 3 heteroatoms. The van der Waals surface area contributed by atoms with Crippen molar-refractivity contribution in [3.8, 4) is 78.3 Å². The zero-order chi connectivity index (χ0) is 53.4. The predicted octanol–water partition coefficient (Wildman–Crippen LogP) is 19.4. The van der Waals surface area contributed by atoms with Gasteiger partial charge < -0.3 is 9.30 Å². The van der Waals surface area contributed by atoms with Crippen molar-refractivity contribution in [1.82, 2.24) is 0 Å². The molecule has 0 amide bonds. The summed E-state index contributed by atoms with van der Waals surface area (Å²) in [5.41, 5.74) is 22.6. The molecule has 13 rings (SSSR count). The van der Waals surface area contributed by atoms with E-state index in [1.54, 1.807) is 0 Å². The van der Waals surface area contributed by atoms with E-state index >= 15 is 4.57 Å². The van der Waals surface area contributed by atoms with Crippen molar-refractivity contribution < 1.29 is 9.30 Å². The zero-order valence-electron chi connectivity index (χ0n) is 45.9. The van der Waals surface area contributed by atoms with Gasteiger partial charge in [0.15, 0.2) is 7.14 Å². The molecule has 0 atom stereocenters. The fourth-order valence-electron chi connectivity index (χ4n) is 14.8. The van der Waals surface area contributed by atoms with Crippen molar-refractivity contribution in [2.24, 2.45) is 0 Å². The molecular weight excluding hydrogens is 964 g/mol. The van der Waals surface area contributed by atoms with Gasteiger partial charge in [0.2, 0.25) is 0 Å². The molecule has 0 spiro atoms. The second kappa shape index (κ2) is 19.3. The van der Waals surface area contributed by atoms with E-state index in [1.807, 2.05) is 60.7 Å². The van der Waals surface area contributed by atoms with E-state index in [2.05, 4.69) is 205 Å². The van der Waals surface area contributed by atoms with Crippen LogP contribution in [0.25, 0.3) is 66.8 Å². The third-order valence-electron chi connectivity index (χ3n) is 19.1. The lowest BCUT2D eigenvalue weighted by Crippen LogP contribution is -2.26. The Balaban J connectivity index is 1.02. The molecular formula is C75H67O2P. The lowest BCUT2D eigenvalue weighted by Gasteiger charge is -2.30. The van der Waals surface area contributed by atoms with Crippen molar-refractivity contribution in [2.75, 3.05) is 0 Å². The van der Waals surface area contributed by atoms with E-state index in [0.717, 1.165) is 77.0 Å². The van der Waals surface area contributed by atoms with Gasteiger partial charge in [-0.3, -0.25) is 0 Å². The van der Waals surface area contributed by atoms with Crippen LogP contribution in [0.4, 0.5) is 0 Å². The Hall–Kier alpha value is -7.77. The van der Waals surface area contributed by atoms with Gasteiger partial charge in [-0.25, -0.2) is 0 Å². The maximum atomic E-state index is 16.9. The van der Waals surface area contributed by atoms with Gasteiger partial charge in [-0.05, 0) is 176 Å². The standard InChI is InChI=1S/C75H67O2P/c1-7-73(8-2)64-32-22-19-29-57(64)60-40-35-51(46-67(60)73)50-38-43-70(63(45-50)54-37-42-62-59-31-21-24-34-66(59)75(11-5,12-6)69(62)48-54)77-71-44-39-53(49-72(71)78(76,55-25-15-13-16-26-55)56-27-17-14-18-28-56)52-36-41-61-58-30-20-23-33-65(58)74(9-3,10-4)68(61)47-52/h13-49H,7-12H2,1-6H3. The topological polar surface area (TPSA) is 26.3 Å². The Bertz CT molecular complexity index is 3960. The number of hydrogen-bond donors (Lipinski definition) is 0. The maximum absolute atomic E-state index is 16.9. The summed E-state index contributed by atoms with van der Waals surface area (Å²) in [7, 11) is -3.59. The highest BCUT2D eigenvalue weighted by atomic mass is 31.2. The smallest absolute Gasteiger partial charge is 0.174 e. The van der Waals surface area contributed by atoms with Crippen LogP contribution in [0.1, 0.15) is 113 Å². The molecule has 3 aliphatic carbocycles. The molecule has 2 nitrogen and oxygen atoms in total. The lowest BCUT2D eigenvalue weighted by molar-refractivity contribution is 0.487. The normalized spacial score (nSPS) is 14.7. The van der Waals surface area contributed by atoms with Crippen molar-refractivity contribution in [2.45, 2.75) is 96.3 Å². The summed E-state index contributed by atoms with van der Waals surface area (Å²) >= 11 is 0. The molecule has 0 radical (unpaired) electrons. The minimum absolute atomic E-state index is 0.0552. The molecule has 384 valence electrons. The molecule has 0 heterocycles. The van der Waals surface area contributed by atoms with Crippen LogP contribution < -0.4 is 20.7 Å². The van der Waals surface area contributed by atoms with E-state index in [4.69, 9.17) is 4.74 Å². The molecule has 0 aliphatic heterocycles. The number of fused-ring (bicyclic) bond motifs is 9. The maximum Gasteiger partial charge on any atom is 0.174 e. The van der Waals surface area contributed by atoms with Crippen LogP contribution in [-0.4, -0.2) is 0 Å². The number of hydrogen-bond acceptors (Lipinski definition) is 2. The Morgan fingerprint density at radius 2 is 0.615 bits per heavy atom. The number of benzene rings is 10. The summed E-state index contributed by atoms with van der Waals surface area (Å²) in [5, 5.41) is 2.19. The van der Waals surface area contributed by atoms with Gasteiger partial charge in [0.1, 0.15) is 11.5 Å². The van der Waals surface area contributed by atoms with Crippen molar-refractivity contribution in [1.29, 1.82) is 0 Å². The highest BCUT2D eigenvalue weighted by Gasteiger charge is 2.43. The minimum Gasteiger partial charge on any atom is -0.456 e. The fourth-order valence-corrected chi connectivity index (χ4v) is 17.6.